The van der Waals surface area contributed by atoms with Crippen LogP contribution in [0.4, 0.5) is 0 Å². The van der Waals surface area contributed by atoms with E-state index in [2.05, 4.69) is 0 Å². The van der Waals surface area contributed by atoms with Crippen LogP contribution in [0.1, 0.15) is 60.6 Å². The van der Waals surface area contributed by atoms with Crippen molar-refractivity contribution in [2.45, 2.75) is 18.6 Å². The van der Waals surface area contributed by atoms with Crippen LogP contribution < -0.4 is 0 Å². The number of carbonyl (C=O) groups is 3. The SMILES string of the molecule is O=C1c2cc(C(=O)N3CCC(CS(=O)O)CC3)ccc2C(=O)c2c(CS(=O)O)cccc21. The minimum atomic E-state index is -2.16. The van der Waals surface area contributed by atoms with Gasteiger partial charge in [0.1, 0.15) is 0 Å². The maximum atomic E-state index is 13.1. The zero-order valence-electron chi connectivity index (χ0n) is 17.0. The summed E-state index contributed by atoms with van der Waals surface area (Å²) < 4.78 is 40.6. The van der Waals surface area contributed by atoms with Gasteiger partial charge >= 0.3 is 0 Å². The lowest BCUT2D eigenvalue weighted by Gasteiger charge is -2.31. The van der Waals surface area contributed by atoms with Crippen molar-refractivity contribution in [1.82, 2.24) is 4.90 Å². The summed E-state index contributed by atoms with van der Waals surface area (Å²) in [6.07, 6.45) is 1.26. The Labute approximate surface area is 189 Å². The average Bonchev–Trinajstić information content (AvgIpc) is 2.76. The van der Waals surface area contributed by atoms with Crippen molar-refractivity contribution >= 4 is 39.6 Å². The van der Waals surface area contributed by atoms with Crippen LogP contribution in [0.3, 0.4) is 0 Å². The fourth-order valence-corrected chi connectivity index (χ4v) is 5.58. The first-order valence-corrected chi connectivity index (χ1v) is 12.6. The van der Waals surface area contributed by atoms with E-state index in [1.807, 2.05) is 0 Å². The van der Waals surface area contributed by atoms with Crippen molar-refractivity contribution in [2.24, 2.45) is 5.92 Å². The van der Waals surface area contributed by atoms with Gasteiger partial charge in [-0.15, -0.1) is 0 Å². The summed E-state index contributed by atoms with van der Waals surface area (Å²) in [5.74, 6) is -1.04. The fraction of sp³-hybridized carbons (Fsp3) is 0.318. The van der Waals surface area contributed by atoms with Crippen LogP contribution in [0.15, 0.2) is 36.4 Å². The first-order valence-electron chi connectivity index (χ1n) is 10.1. The van der Waals surface area contributed by atoms with Gasteiger partial charge in [0.25, 0.3) is 5.91 Å². The highest BCUT2D eigenvalue weighted by Crippen LogP contribution is 2.31. The molecule has 2 aromatic rings. The molecule has 0 spiro atoms. The number of nitrogens with zero attached hydrogens (tertiary/aromatic N) is 1. The van der Waals surface area contributed by atoms with Crippen LogP contribution in [0.5, 0.6) is 0 Å². The van der Waals surface area contributed by atoms with E-state index in [9.17, 15) is 27.4 Å². The highest BCUT2D eigenvalue weighted by molar-refractivity contribution is 7.79. The number of hydrogen-bond donors (Lipinski definition) is 2. The second kappa shape index (κ2) is 9.14. The van der Waals surface area contributed by atoms with Gasteiger partial charge < -0.3 is 14.0 Å². The lowest BCUT2D eigenvalue weighted by molar-refractivity contribution is 0.0698. The van der Waals surface area contributed by atoms with Gasteiger partial charge in [-0.2, -0.15) is 0 Å². The number of hydrogen-bond acceptors (Lipinski definition) is 5. The summed E-state index contributed by atoms with van der Waals surface area (Å²) in [6.45, 7) is 0.907. The van der Waals surface area contributed by atoms with Gasteiger partial charge in [-0.3, -0.25) is 14.4 Å². The molecule has 8 nitrogen and oxygen atoms in total. The van der Waals surface area contributed by atoms with Crippen LogP contribution in [0.2, 0.25) is 0 Å². The summed E-state index contributed by atoms with van der Waals surface area (Å²) in [5, 5.41) is 0. The lowest BCUT2D eigenvalue weighted by Crippen LogP contribution is -2.39. The van der Waals surface area contributed by atoms with Crippen molar-refractivity contribution in [2.75, 3.05) is 18.8 Å². The van der Waals surface area contributed by atoms with Crippen molar-refractivity contribution in [1.29, 1.82) is 0 Å². The van der Waals surface area contributed by atoms with Crippen LogP contribution in [0.25, 0.3) is 0 Å². The predicted octanol–water partition coefficient (Wildman–Crippen LogP) is 2.26. The van der Waals surface area contributed by atoms with Crippen molar-refractivity contribution in [3.63, 3.8) is 0 Å². The normalized spacial score (nSPS) is 18.1. The zero-order valence-corrected chi connectivity index (χ0v) is 18.6. The second-order valence-corrected chi connectivity index (χ2v) is 9.86. The molecule has 4 rings (SSSR count). The molecule has 10 heteroatoms. The minimum absolute atomic E-state index is 0.0894. The molecule has 1 amide bonds. The molecule has 1 aliphatic carbocycles. The topological polar surface area (TPSA) is 129 Å². The Morgan fingerprint density at radius 2 is 1.66 bits per heavy atom. The quantitative estimate of drug-likeness (QED) is 0.542. The Kier molecular flexibility index (Phi) is 6.47. The van der Waals surface area contributed by atoms with Crippen molar-refractivity contribution in [3.05, 3.63) is 69.8 Å². The summed E-state index contributed by atoms with van der Waals surface area (Å²) >= 11 is -4.02. The maximum absolute atomic E-state index is 13.1. The lowest BCUT2D eigenvalue weighted by atomic mass is 9.81. The van der Waals surface area contributed by atoms with Gasteiger partial charge in [0, 0.05) is 40.9 Å². The highest BCUT2D eigenvalue weighted by Gasteiger charge is 2.33. The van der Waals surface area contributed by atoms with Gasteiger partial charge in [-0.05, 0) is 42.5 Å². The van der Waals surface area contributed by atoms with Gasteiger partial charge in [0.2, 0.25) is 0 Å². The van der Waals surface area contributed by atoms with E-state index >= 15 is 0 Å². The third-order valence-corrected chi connectivity index (χ3v) is 7.25. The molecule has 0 aromatic heterocycles. The summed E-state index contributed by atoms with van der Waals surface area (Å²) in [4.78, 5) is 40.8. The molecule has 0 radical (unpaired) electrons. The number of likely N-dealkylation sites (tertiary alicyclic amines) is 1. The van der Waals surface area contributed by atoms with Gasteiger partial charge in [0.15, 0.2) is 33.7 Å². The second-order valence-electron chi connectivity index (χ2n) is 7.95. The molecule has 1 heterocycles. The van der Waals surface area contributed by atoms with E-state index in [4.69, 9.17) is 4.55 Å². The largest absolute Gasteiger partial charge is 0.339 e. The molecule has 2 unspecified atom stereocenters. The monoisotopic (exact) mass is 475 g/mol. The molecule has 168 valence electrons. The Morgan fingerprint density at radius 3 is 2.31 bits per heavy atom. The Balaban J connectivity index is 1.60. The van der Waals surface area contributed by atoms with Crippen LogP contribution in [0, 0.1) is 5.92 Å². The van der Waals surface area contributed by atoms with Crippen molar-refractivity contribution in [3.8, 4) is 0 Å². The number of rotatable bonds is 5. The standard InChI is InChI=1S/C22H21NO7S2/c24-20-17-3-1-2-15(12-32(29)30)19(17)21(25)16-5-4-14(10-18(16)20)22(26)23-8-6-13(7-9-23)11-31(27)28/h1-5,10,13H,6-9,11-12H2,(H,27,28)(H,29,30). The van der Waals surface area contributed by atoms with Crippen molar-refractivity contribution < 1.29 is 31.9 Å². The third-order valence-electron chi connectivity index (χ3n) is 5.94. The predicted molar refractivity (Wildman–Crippen MR) is 118 cm³/mol. The highest BCUT2D eigenvalue weighted by atomic mass is 32.2. The Bertz CT molecular complexity index is 1170. The number of fused-ring (bicyclic) bond motifs is 2. The molecule has 2 atom stereocenters. The van der Waals surface area contributed by atoms with Crippen LogP contribution >= 0.6 is 0 Å². The first kappa shape index (κ1) is 22.7. The summed E-state index contributed by atoms with van der Waals surface area (Å²) in [6, 6.07) is 9.03. The van der Waals surface area contributed by atoms with E-state index in [0.717, 1.165) is 0 Å². The number of piperidine rings is 1. The van der Waals surface area contributed by atoms with E-state index in [1.54, 1.807) is 17.0 Å². The number of ketones is 2. The smallest absolute Gasteiger partial charge is 0.253 e. The molecule has 1 aliphatic heterocycles. The average molecular weight is 476 g/mol. The number of carbonyl (C=O) groups excluding carboxylic acids is 3. The van der Waals surface area contributed by atoms with Gasteiger partial charge in [-0.1, -0.05) is 18.2 Å². The molecule has 2 N–H and O–H groups in total. The molecule has 0 bridgehead atoms. The van der Waals surface area contributed by atoms with Gasteiger partial charge in [-0.25, -0.2) is 8.42 Å². The van der Waals surface area contributed by atoms with Crippen LogP contribution in [-0.4, -0.2) is 58.7 Å². The molecular weight excluding hydrogens is 454 g/mol. The van der Waals surface area contributed by atoms with E-state index in [0.29, 0.717) is 37.1 Å². The molecular formula is C22H21NO7S2. The van der Waals surface area contributed by atoms with Crippen LogP contribution in [-0.2, 0) is 27.9 Å². The molecule has 1 fully saturated rings. The fourth-order valence-electron chi connectivity index (χ4n) is 4.34. The molecule has 2 aliphatic rings. The number of benzene rings is 2. The number of amides is 1. The Morgan fingerprint density at radius 1 is 0.938 bits per heavy atom. The van der Waals surface area contributed by atoms with Gasteiger partial charge in [0.05, 0.1) is 11.5 Å². The summed E-state index contributed by atoms with van der Waals surface area (Å²) in [5.41, 5.74) is 1.23. The third kappa shape index (κ3) is 4.36. The van der Waals surface area contributed by atoms with E-state index in [1.165, 1.54) is 24.3 Å². The summed E-state index contributed by atoms with van der Waals surface area (Å²) in [7, 11) is 0. The first-order chi connectivity index (χ1) is 15.3. The van der Waals surface area contributed by atoms with E-state index < -0.39 is 33.7 Å². The molecule has 0 saturated carbocycles. The molecule has 32 heavy (non-hydrogen) atoms. The zero-order chi connectivity index (χ0) is 23.0. The minimum Gasteiger partial charge on any atom is -0.339 e. The van der Waals surface area contributed by atoms with E-state index in [-0.39, 0.29) is 45.6 Å². The maximum Gasteiger partial charge on any atom is 0.253 e. The molecule has 1 saturated heterocycles. The molecule has 2 aromatic carbocycles. The Hall–Kier alpha value is -2.53.